The molecule has 30 heavy (non-hydrogen) atoms. The van der Waals surface area contributed by atoms with E-state index in [1.807, 2.05) is 31.2 Å². The third kappa shape index (κ3) is 4.96. The van der Waals surface area contributed by atoms with Crippen LogP contribution >= 0.6 is 0 Å². The van der Waals surface area contributed by atoms with Crippen molar-refractivity contribution in [2.75, 3.05) is 19.0 Å². The molecule has 3 amide bonds. The van der Waals surface area contributed by atoms with Crippen molar-refractivity contribution in [1.29, 1.82) is 0 Å². The molecular weight excluding hydrogens is 386 g/mol. The van der Waals surface area contributed by atoms with Gasteiger partial charge in [0.2, 0.25) is 0 Å². The second-order valence-corrected chi connectivity index (χ2v) is 6.83. The number of rotatable bonds is 6. The van der Waals surface area contributed by atoms with Crippen LogP contribution in [0.2, 0.25) is 0 Å². The fourth-order valence-corrected chi connectivity index (χ4v) is 3.06. The molecule has 0 fully saturated rings. The van der Waals surface area contributed by atoms with Gasteiger partial charge in [0.05, 0.1) is 18.7 Å². The Labute approximate surface area is 174 Å². The number of aryl methyl sites for hydroxylation is 1. The summed E-state index contributed by atoms with van der Waals surface area (Å²) in [5.74, 6) is -0.323. The highest BCUT2D eigenvalue weighted by atomic mass is 16.5. The van der Waals surface area contributed by atoms with Gasteiger partial charge in [-0.05, 0) is 43.7 Å². The minimum atomic E-state index is -0.648. The summed E-state index contributed by atoms with van der Waals surface area (Å²) in [5.41, 5.74) is 3.24. The molecule has 2 aromatic rings. The third-order valence-corrected chi connectivity index (χ3v) is 4.59. The first-order chi connectivity index (χ1) is 14.4. The van der Waals surface area contributed by atoms with E-state index in [9.17, 15) is 14.4 Å². The molecule has 1 aliphatic rings. The number of amides is 3. The van der Waals surface area contributed by atoms with Gasteiger partial charge < -0.3 is 25.4 Å². The van der Waals surface area contributed by atoms with Crippen LogP contribution in [0.25, 0.3) is 0 Å². The second-order valence-electron chi connectivity index (χ2n) is 6.83. The van der Waals surface area contributed by atoms with Crippen LogP contribution < -0.4 is 20.7 Å². The minimum absolute atomic E-state index is 0.149. The van der Waals surface area contributed by atoms with E-state index < -0.39 is 18.0 Å². The van der Waals surface area contributed by atoms with Crippen molar-refractivity contribution in [3.63, 3.8) is 0 Å². The molecule has 2 aromatic carbocycles. The molecule has 1 heterocycles. The van der Waals surface area contributed by atoms with E-state index in [4.69, 9.17) is 9.47 Å². The highest BCUT2D eigenvalue weighted by Crippen LogP contribution is 2.28. The molecule has 0 radical (unpaired) electrons. The molecule has 0 spiro atoms. The fourth-order valence-electron chi connectivity index (χ4n) is 3.06. The summed E-state index contributed by atoms with van der Waals surface area (Å²) in [6.07, 6.45) is 0. The molecule has 3 rings (SSSR count). The predicted octanol–water partition coefficient (Wildman–Crippen LogP) is 2.81. The number of benzene rings is 2. The van der Waals surface area contributed by atoms with Crippen LogP contribution in [0, 0.1) is 6.92 Å². The van der Waals surface area contributed by atoms with Gasteiger partial charge in [-0.3, -0.25) is 4.79 Å². The summed E-state index contributed by atoms with van der Waals surface area (Å²) in [4.78, 5) is 36.0. The van der Waals surface area contributed by atoms with Gasteiger partial charge in [-0.15, -0.1) is 0 Å². The SMILES string of the molecule is COC(=O)C1=C(C)NC(=O)NC1c1ccc(OCC(=O)Nc2ccc(C)cc2)cc1. The number of ether oxygens (including phenoxy) is 2. The third-order valence-electron chi connectivity index (χ3n) is 4.59. The average Bonchev–Trinajstić information content (AvgIpc) is 2.73. The van der Waals surface area contributed by atoms with Crippen LogP contribution in [0.4, 0.5) is 10.5 Å². The Bertz CT molecular complexity index is 981. The molecule has 0 aliphatic carbocycles. The molecule has 156 valence electrons. The zero-order chi connectivity index (χ0) is 21.7. The van der Waals surface area contributed by atoms with Gasteiger partial charge in [-0.2, -0.15) is 0 Å². The Hall–Kier alpha value is -3.81. The van der Waals surface area contributed by atoms with E-state index in [0.29, 0.717) is 28.3 Å². The molecule has 0 saturated heterocycles. The van der Waals surface area contributed by atoms with Gasteiger partial charge in [-0.1, -0.05) is 29.8 Å². The van der Waals surface area contributed by atoms with Crippen LogP contribution in [0.15, 0.2) is 59.8 Å². The van der Waals surface area contributed by atoms with Gasteiger partial charge in [-0.25, -0.2) is 9.59 Å². The normalized spacial score (nSPS) is 15.7. The van der Waals surface area contributed by atoms with Gasteiger partial charge >= 0.3 is 12.0 Å². The van der Waals surface area contributed by atoms with E-state index in [1.54, 1.807) is 31.2 Å². The lowest BCUT2D eigenvalue weighted by Gasteiger charge is -2.27. The first-order valence-electron chi connectivity index (χ1n) is 9.33. The number of nitrogens with one attached hydrogen (secondary N) is 3. The van der Waals surface area contributed by atoms with Crippen molar-refractivity contribution in [2.24, 2.45) is 0 Å². The van der Waals surface area contributed by atoms with Crippen LogP contribution in [-0.2, 0) is 14.3 Å². The standard InChI is InChI=1S/C22H23N3O5/c1-13-4-8-16(9-5-13)24-18(26)12-30-17-10-6-15(7-11-17)20-19(21(27)29-3)14(2)23-22(28)25-20/h4-11,20H,12H2,1-3H3,(H,24,26)(H2,23,25,28). The molecule has 0 saturated carbocycles. The van der Waals surface area contributed by atoms with Gasteiger partial charge in [0, 0.05) is 11.4 Å². The predicted molar refractivity (Wildman–Crippen MR) is 111 cm³/mol. The summed E-state index contributed by atoms with van der Waals surface area (Å²) >= 11 is 0. The van der Waals surface area contributed by atoms with E-state index in [0.717, 1.165) is 5.56 Å². The van der Waals surface area contributed by atoms with E-state index in [-0.39, 0.29) is 12.5 Å². The van der Waals surface area contributed by atoms with Crippen molar-refractivity contribution < 1.29 is 23.9 Å². The quantitative estimate of drug-likeness (QED) is 0.636. The molecule has 1 atom stereocenters. The Morgan fingerprint density at radius 3 is 2.33 bits per heavy atom. The van der Waals surface area contributed by atoms with Crippen LogP contribution in [0.3, 0.4) is 0 Å². The number of carbonyl (C=O) groups is 3. The van der Waals surface area contributed by atoms with Crippen molar-refractivity contribution in [3.8, 4) is 5.75 Å². The molecule has 3 N–H and O–H groups in total. The molecule has 1 unspecified atom stereocenters. The Morgan fingerprint density at radius 1 is 1.03 bits per heavy atom. The van der Waals surface area contributed by atoms with Crippen molar-refractivity contribution in [1.82, 2.24) is 10.6 Å². The number of esters is 1. The number of urea groups is 1. The lowest BCUT2D eigenvalue weighted by molar-refractivity contribution is -0.136. The van der Waals surface area contributed by atoms with Crippen LogP contribution in [0.5, 0.6) is 5.75 Å². The lowest BCUT2D eigenvalue weighted by Crippen LogP contribution is -2.45. The monoisotopic (exact) mass is 409 g/mol. The summed E-state index contributed by atoms with van der Waals surface area (Å²) < 4.78 is 10.4. The molecule has 0 aromatic heterocycles. The number of hydrogen-bond acceptors (Lipinski definition) is 5. The van der Waals surface area contributed by atoms with E-state index >= 15 is 0 Å². The number of anilines is 1. The number of methoxy groups -OCH3 is 1. The lowest BCUT2D eigenvalue weighted by atomic mass is 9.95. The van der Waals surface area contributed by atoms with Gasteiger partial charge in [0.25, 0.3) is 5.91 Å². The summed E-state index contributed by atoms with van der Waals surface area (Å²) in [5, 5.41) is 8.05. The maximum Gasteiger partial charge on any atom is 0.337 e. The minimum Gasteiger partial charge on any atom is -0.484 e. The van der Waals surface area contributed by atoms with Crippen molar-refractivity contribution >= 4 is 23.6 Å². The molecule has 0 bridgehead atoms. The van der Waals surface area contributed by atoms with E-state index in [2.05, 4.69) is 16.0 Å². The molecule has 8 heteroatoms. The summed E-state index contributed by atoms with van der Waals surface area (Å²) in [6.45, 7) is 3.46. The Morgan fingerprint density at radius 2 is 1.70 bits per heavy atom. The Balaban J connectivity index is 1.64. The van der Waals surface area contributed by atoms with Crippen LogP contribution in [-0.4, -0.2) is 31.6 Å². The molecule has 1 aliphatic heterocycles. The highest BCUT2D eigenvalue weighted by Gasteiger charge is 2.31. The molecule has 8 nitrogen and oxygen atoms in total. The zero-order valence-corrected chi connectivity index (χ0v) is 16.9. The fraction of sp³-hybridized carbons (Fsp3) is 0.227. The van der Waals surface area contributed by atoms with Gasteiger partial charge in [0.1, 0.15) is 5.75 Å². The van der Waals surface area contributed by atoms with Crippen molar-refractivity contribution in [2.45, 2.75) is 19.9 Å². The van der Waals surface area contributed by atoms with Crippen molar-refractivity contribution in [3.05, 3.63) is 70.9 Å². The van der Waals surface area contributed by atoms with Crippen LogP contribution in [0.1, 0.15) is 24.1 Å². The summed E-state index contributed by atoms with van der Waals surface area (Å²) in [7, 11) is 1.29. The maximum absolute atomic E-state index is 12.1. The summed E-state index contributed by atoms with van der Waals surface area (Å²) in [6, 6.07) is 13.2. The van der Waals surface area contributed by atoms with Gasteiger partial charge in [0.15, 0.2) is 6.61 Å². The first kappa shape index (κ1) is 20.9. The van der Waals surface area contributed by atoms with E-state index in [1.165, 1.54) is 7.11 Å². The zero-order valence-electron chi connectivity index (χ0n) is 16.9. The number of carbonyl (C=O) groups excluding carboxylic acids is 3. The largest absolute Gasteiger partial charge is 0.484 e. The average molecular weight is 409 g/mol. The number of hydrogen-bond donors (Lipinski definition) is 3. The maximum atomic E-state index is 12.1. The second kappa shape index (κ2) is 9.13. The smallest absolute Gasteiger partial charge is 0.337 e. The molecular formula is C22H23N3O5. The first-order valence-corrected chi connectivity index (χ1v) is 9.33. The Kier molecular flexibility index (Phi) is 6.36. The highest BCUT2D eigenvalue weighted by molar-refractivity contribution is 5.95. The topological polar surface area (TPSA) is 106 Å². The number of allylic oxidation sites excluding steroid dienone is 1.